The van der Waals surface area contributed by atoms with Crippen LogP contribution in [-0.2, 0) is 6.61 Å². The number of methoxy groups -OCH3 is 1. The Balaban J connectivity index is 1.48. The van der Waals surface area contributed by atoms with Gasteiger partial charge in [0.15, 0.2) is 11.5 Å². The molecule has 0 radical (unpaired) electrons. The van der Waals surface area contributed by atoms with Crippen LogP contribution in [0.1, 0.15) is 21.5 Å². The number of carbonyl (C=O) groups excluding carboxylic acids is 1. The Labute approximate surface area is 220 Å². The van der Waals surface area contributed by atoms with Crippen molar-refractivity contribution in [1.29, 1.82) is 0 Å². The molecule has 0 aliphatic rings. The van der Waals surface area contributed by atoms with Crippen molar-refractivity contribution in [1.82, 2.24) is 5.43 Å². The van der Waals surface area contributed by atoms with E-state index in [1.165, 1.54) is 17.7 Å². The van der Waals surface area contributed by atoms with E-state index in [-0.39, 0.29) is 0 Å². The molecule has 0 fully saturated rings. The minimum absolute atomic E-state index is 0.302. The maximum Gasteiger partial charge on any atom is 0.271 e. The highest BCUT2D eigenvalue weighted by atomic mass is 127. The summed E-state index contributed by atoms with van der Waals surface area (Å²) in [7, 11) is 1.59. The summed E-state index contributed by atoms with van der Waals surface area (Å²) in [4.78, 5) is 12.3. The fourth-order valence-electron chi connectivity index (χ4n) is 3.39. The average Bonchev–Trinajstić information content (AvgIpc) is 2.84. The van der Waals surface area contributed by atoms with Crippen LogP contribution < -0.4 is 14.9 Å². The molecule has 8 heteroatoms. The van der Waals surface area contributed by atoms with Gasteiger partial charge < -0.3 is 9.47 Å². The van der Waals surface area contributed by atoms with Gasteiger partial charge in [0.1, 0.15) is 6.61 Å². The Bertz CT molecular complexity index is 1390. The number of hydrogen-bond donors (Lipinski definition) is 1. The van der Waals surface area contributed by atoms with Crippen LogP contribution in [0.15, 0.2) is 77.9 Å². The molecule has 0 saturated heterocycles. The van der Waals surface area contributed by atoms with Crippen molar-refractivity contribution in [3.63, 3.8) is 0 Å². The largest absolute Gasteiger partial charge is 0.493 e. The molecular weight excluding hydrogens is 586 g/mol. The third kappa shape index (κ3) is 5.63. The first kappa shape index (κ1) is 24.3. The van der Waals surface area contributed by atoms with Crippen molar-refractivity contribution in [3.8, 4) is 11.5 Å². The summed E-state index contributed by atoms with van der Waals surface area (Å²) in [5.74, 6) is 0.823. The van der Waals surface area contributed by atoms with E-state index in [0.717, 1.165) is 20.1 Å². The molecule has 0 aliphatic carbocycles. The maximum atomic E-state index is 12.3. The summed E-state index contributed by atoms with van der Waals surface area (Å²) in [5.41, 5.74) is 4.67. The number of rotatable bonds is 7. The highest BCUT2D eigenvalue weighted by Crippen LogP contribution is 2.34. The molecule has 1 N–H and O–H groups in total. The Morgan fingerprint density at radius 3 is 2.62 bits per heavy atom. The van der Waals surface area contributed by atoms with Crippen LogP contribution in [0.3, 0.4) is 0 Å². The second-order valence-corrected chi connectivity index (χ2v) is 9.27. The van der Waals surface area contributed by atoms with Crippen molar-refractivity contribution < 1.29 is 14.3 Å². The van der Waals surface area contributed by atoms with E-state index in [1.807, 2.05) is 24.3 Å². The van der Waals surface area contributed by atoms with Gasteiger partial charge in [-0.2, -0.15) is 5.10 Å². The minimum atomic E-state index is -0.397. The van der Waals surface area contributed by atoms with Gasteiger partial charge in [0.25, 0.3) is 5.91 Å². The number of carbonyl (C=O) groups is 1. The quantitative estimate of drug-likeness (QED) is 0.139. The molecule has 4 aromatic carbocycles. The van der Waals surface area contributed by atoms with Gasteiger partial charge in [-0.25, -0.2) is 5.43 Å². The van der Waals surface area contributed by atoms with E-state index in [1.54, 1.807) is 25.3 Å². The van der Waals surface area contributed by atoms with Crippen LogP contribution >= 0.6 is 45.8 Å². The zero-order valence-corrected chi connectivity index (χ0v) is 21.7. The van der Waals surface area contributed by atoms with Gasteiger partial charge in [-0.15, -0.1) is 0 Å². The summed E-state index contributed by atoms with van der Waals surface area (Å²) in [6.07, 6.45) is 1.54. The van der Waals surface area contributed by atoms with Crippen molar-refractivity contribution in [2.75, 3.05) is 7.11 Å². The summed E-state index contributed by atoms with van der Waals surface area (Å²) in [6.45, 7) is 0.404. The Morgan fingerprint density at radius 1 is 1.03 bits per heavy atom. The van der Waals surface area contributed by atoms with Gasteiger partial charge in [-0.3, -0.25) is 4.79 Å². The van der Waals surface area contributed by atoms with E-state index in [4.69, 9.17) is 32.7 Å². The standard InChI is InChI=1S/C26H19Cl2IN2O3/c1-33-24-12-16(14-30-31-26(32)18-9-10-21(27)22(28)13-18)11-23(29)25(24)34-15-19-7-4-6-17-5-2-3-8-20(17)19/h2-14H,15H2,1H3,(H,31,32)/b30-14-. The molecule has 0 aliphatic heterocycles. The Kier molecular flexibility index (Phi) is 7.92. The van der Waals surface area contributed by atoms with Gasteiger partial charge in [-0.1, -0.05) is 65.7 Å². The number of ether oxygens (including phenoxy) is 2. The predicted molar refractivity (Wildman–Crippen MR) is 146 cm³/mol. The van der Waals surface area contributed by atoms with E-state index in [0.29, 0.717) is 33.7 Å². The molecule has 4 rings (SSSR count). The second-order valence-electron chi connectivity index (χ2n) is 7.29. The second kappa shape index (κ2) is 11.1. The number of hydrazone groups is 1. The van der Waals surface area contributed by atoms with Crippen LogP contribution in [-0.4, -0.2) is 19.2 Å². The molecule has 0 saturated carbocycles. The molecule has 0 atom stereocenters. The lowest BCUT2D eigenvalue weighted by atomic mass is 10.1. The highest BCUT2D eigenvalue weighted by molar-refractivity contribution is 14.1. The fourth-order valence-corrected chi connectivity index (χ4v) is 4.47. The van der Waals surface area contributed by atoms with Gasteiger partial charge in [0, 0.05) is 5.56 Å². The summed E-state index contributed by atoms with van der Waals surface area (Å²) < 4.78 is 12.6. The number of halogens is 3. The van der Waals surface area contributed by atoms with E-state index in [9.17, 15) is 4.79 Å². The SMILES string of the molecule is COc1cc(/C=N\NC(=O)c2ccc(Cl)c(Cl)c2)cc(I)c1OCc1cccc2ccccc12. The third-order valence-corrected chi connectivity index (χ3v) is 6.61. The van der Waals surface area contributed by atoms with Crippen LogP contribution in [0, 0.1) is 3.57 Å². The Hall–Kier alpha value is -2.81. The van der Waals surface area contributed by atoms with Crippen LogP contribution in [0.4, 0.5) is 0 Å². The van der Waals surface area contributed by atoms with E-state index >= 15 is 0 Å². The first-order chi connectivity index (χ1) is 16.5. The molecule has 4 aromatic rings. The zero-order valence-electron chi connectivity index (χ0n) is 18.0. The van der Waals surface area contributed by atoms with Crippen molar-refractivity contribution in [3.05, 3.63) is 103 Å². The zero-order chi connectivity index (χ0) is 24.1. The topological polar surface area (TPSA) is 59.9 Å². The van der Waals surface area contributed by atoms with Gasteiger partial charge in [-0.05, 0) is 74.8 Å². The van der Waals surface area contributed by atoms with E-state index in [2.05, 4.69) is 57.4 Å². The number of fused-ring (bicyclic) bond motifs is 1. The van der Waals surface area contributed by atoms with Crippen LogP contribution in [0.5, 0.6) is 11.5 Å². The first-order valence-electron chi connectivity index (χ1n) is 10.2. The number of nitrogens with zero attached hydrogens (tertiary/aromatic N) is 1. The fraction of sp³-hybridized carbons (Fsp3) is 0.0769. The van der Waals surface area contributed by atoms with Gasteiger partial charge in [0.2, 0.25) is 0 Å². The number of hydrogen-bond acceptors (Lipinski definition) is 4. The molecule has 0 unspecified atom stereocenters. The first-order valence-corrected chi connectivity index (χ1v) is 12.0. The monoisotopic (exact) mass is 604 g/mol. The lowest BCUT2D eigenvalue weighted by Crippen LogP contribution is -2.17. The molecule has 0 heterocycles. The smallest absolute Gasteiger partial charge is 0.271 e. The van der Waals surface area contributed by atoms with Crippen LogP contribution in [0.25, 0.3) is 10.8 Å². The predicted octanol–water partition coefficient (Wildman–Crippen LogP) is 7.10. The van der Waals surface area contributed by atoms with Crippen molar-refractivity contribution in [2.24, 2.45) is 5.10 Å². The summed E-state index contributed by atoms with van der Waals surface area (Å²) in [5, 5.41) is 7.05. The lowest BCUT2D eigenvalue weighted by Gasteiger charge is -2.14. The van der Waals surface area contributed by atoms with Crippen molar-refractivity contribution in [2.45, 2.75) is 6.61 Å². The molecule has 5 nitrogen and oxygen atoms in total. The van der Waals surface area contributed by atoms with Crippen molar-refractivity contribution >= 4 is 68.7 Å². The van der Waals surface area contributed by atoms with Crippen LogP contribution in [0.2, 0.25) is 10.0 Å². The molecule has 0 spiro atoms. The van der Waals surface area contributed by atoms with Gasteiger partial charge >= 0.3 is 0 Å². The number of benzene rings is 4. The molecular formula is C26H19Cl2IN2O3. The lowest BCUT2D eigenvalue weighted by molar-refractivity contribution is 0.0955. The van der Waals surface area contributed by atoms with E-state index < -0.39 is 5.91 Å². The minimum Gasteiger partial charge on any atom is -0.493 e. The maximum absolute atomic E-state index is 12.3. The average molecular weight is 605 g/mol. The summed E-state index contributed by atoms with van der Waals surface area (Å²) in [6, 6.07) is 22.7. The molecule has 0 aromatic heterocycles. The highest BCUT2D eigenvalue weighted by Gasteiger charge is 2.13. The van der Waals surface area contributed by atoms with Gasteiger partial charge in [0.05, 0.1) is 26.9 Å². The molecule has 34 heavy (non-hydrogen) atoms. The molecule has 172 valence electrons. The molecule has 1 amide bonds. The normalized spacial score (nSPS) is 11.1. The Morgan fingerprint density at radius 2 is 1.82 bits per heavy atom. The number of nitrogens with one attached hydrogen (secondary N) is 1. The summed E-state index contributed by atoms with van der Waals surface area (Å²) >= 11 is 14.1. The molecule has 0 bridgehead atoms. The number of amides is 1. The third-order valence-electron chi connectivity index (χ3n) is 5.07.